The van der Waals surface area contributed by atoms with Gasteiger partial charge in [-0.15, -0.1) is 11.3 Å². The SMILES string of the molecule is CC[C@H]1CN(C(C)c2ccc3cc(C)sc3n2)CCN1c1cc(=O)n(C)n2cc(CC#N)nc12. The van der Waals surface area contributed by atoms with E-state index in [-0.39, 0.29) is 24.1 Å². The van der Waals surface area contributed by atoms with Crippen LogP contribution in [0.25, 0.3) is 15.9 Å². The van der Waals surface area contributed by atoms with Gasteiger partial charge in [0.25, 0.3) is 5.56 Å². The molecule has 0 radical (unpaired) electrons. The Balaban J connectivity index is 1.44. The zero-order chi connectivity index (χ0) is 24.0. The minimum atomic E-state index is -0.0854. The Hall–Kier alpha value is -3.22. The number of thiophene rings is 1. The lowest BCUT2D eigenvalue weighted by atomic mass is 10.0. The zero-order valence-electron chi connectivity index (χ0n) is 20.0. The summed E-state index contributed by atoms with van der Waals surface area (Å²) in [6, 6.07) is 10.8. The molecule has 9 heteroatoms. The Labute approximate surface area is 202 Å². The van der Waals surface area contributed by atoms with Crippen molar-refractivity contribution in [2.24, 2.45) is 7.05 Å². The van der Waals surface area contributed by atoms with E-state index in [1.54, 1.807) is 39.8 Å². The number of aryl methyl sites for hydroxylation is 2. The molecule has 1 saturated heterocycles. The normalized spacial score (nSPS) is 18.0. The number of aromatic nitrogens is 4. The van der Waals surface area contributed by atoms with Crippen molar-refractivity contribution in [3.8, 4) is 6.07 Å². The first-order chi connectivity index (χ1) is 16.4. The van der Waals surface area contributed by atoms with Crippen LogP contribution in [0.15, 0.2) is 35.3 Å². The predicted octanol–water partition coefficient (Wildman–Crippen LogP) is 3.68. The van der Waals surface area contributed by atoms with Crippen LogP contribution in [0.2, 0.25) is 0 Å². The third-order valence-corrected chi connectivity index (χ3v) is 7.89. The molecule has 1 unspecified atom stereocenters. The van der Waals surface area contributed by atoms with Crippen LogP contribution in [0.3, 0.4) is 0 Å². The van der Waals surface area contributed by atoms with Crippen LogP contribution in [-0.4, -0.2) is 49.7 Å². The Morgan fingerprint density at radius 1 is 1.26 bits per heavy atom. The number of nitriles is 1. The first-order valence-corrected chi connectivity index (χ1v) is 12.5. The van der Waals surface area contributed by atoms with E-state index in [0.717, 1.165) is 47.9 Å². The van der Waals surface area contributed by atoms with Crippen LogP contribution in [0.4, 0.5) is 5.69 Å². The van der Waals surface area contributed by atoms with Crippen LogP contribution < -0.4 is 10.5 Å². The summed E-state index contributed by atoms with van der Waals surface area (Å²) in [5, 5.41) is 10.3. The molecule has 5 heterocycles. The second-order valence-corrected chi connectivity index (χ2v) is 10.3. The van der Waals surface area contributed by atoms with Gasteiger partial charge in [0.1, 0.15) is 4.83 Å². The van der Waals surface area contributed by atoms with Gasteiger partial charge in [0.15, 0.2) is 5.65 Å². The van der Waals surface area contributed by atoms with E-state index in [1.807, 2.05) is 0 Å². The maximum Gasteiger partial charge on any atom is 0.267 e. The highest BCUT2D eigenvalue weighted by molar-refractivity contribution is 7.18. The molecule has 1 aliphatic rings. The molecule has 0 aromatic carbocycles. The number of hydrogen-bond acceptors (Lipinski definition) is 7. The predicted molar refractivity (Wildman–Crippen MR) is 136 cm³/mol. The first-order valence-electron chi connectivity index (χ1n) is 11.7. The Morgan fingerprint density at radius 2 is 2.09 bits per heavy atom. The van der Waals surface area contributed by atoms with Crippen molar-refractivity contribution in [3.63, 3.8) is 0 Å². The van der Waals surface area contributed by atoms with Crippen LogP contribution in [0.1, 0.15) is 42.6 Å². The fraction of sp³-hybridized carbons (Fsp3) is 0.440. The lowest BCUT2D eigenvalue weighted by Crippen LogP contribution is -2.54. The summed E-state index contributed by atoms with van der Waals surface area (Å²) in [6.45, 7) is 9.09. The molecule has 0 saturated carbocycles. The molecule has 4 aromatic rings. The summed E-state index contributed by atoms with van der Waals surface area (Å²) < 4.78 is 3.31. The number of anilines is 1. The number of nitrogens with zero attached hydrogens (tertiary/aromatic N) is 7. The number of piperazine rings is 1. The van der Waals surface area contributed by atoms with Crippen LogP contribution >= 0.6 is 11.3 Å². The fourth-order valence-corrected chi connectivity index (χ4v) is 5.84. The van der Waals surface area contributed by atoms with E-state index in [4.69, 9.17) is 15.2 Å². The summed E-state index contributed by atoms with van der Waals surface area (Å²) in [5.41, 5.74) is 3.27. The van der Waals surface area contributed by atoms with Crippen molar-refractivity contribution in [1.82, 2.24) is 24.1 Å². The standard InChI is InChI=1S/C25H29N7OS/c1-5-20-15-30(17(3)21-7-6-18-12-16(2)34-25(18)28-21)10-11-31(20)22-13-23(33)29(4)32-14-19(8-9-26)27-24(22)32/h6-7,12-14,17,20H,5,8,10-11,15H2,1-4H3/t17?,20-/m0/s1. The monoisotopic (exact) mass is 475 g/mol. The summed E-state index contributed by atoms with van der Waals surface area (Å²) in [7, 11) is 1.73. The average molecular weight is 476 g/mol. The van der Waals surface area contributed by atoms with Crippen molar-refractivity contribution in [1.29, 1.82) is 5.26 Å². The number of pyridine rings is 1. The molecular formula is C25H29N7OS. The highest BCUT2D eigenvalue weighted by Gasteiger charge is 2.31. The van der Waals surface area contributed by atoms with Gasteiger partial charge in [0.2, 0.25) is 0 Å². The van der Waals surface area contributed by atoms with Gasteiger partial charge in [-0.25, -0.2) is 19.2 Å². The van der Waals surface area contributed by atoms with E-state index >= 15 is 0 Å². The van der Waals surface area contributed by atoms with E-state index in [9.17, 15) is 4.79 Å². The second-order valence-electron chi connectivity index (χ2n) is 9.04. The van der Waals surface area contributed by atoms with E-state index in [1.165, 1.54) is 10.3 Å². The third-order valence-electron chi connectivity index (χ3n) is 6.93. The van der Waals surface area contributed by atoms with Gasteiger partial charge in [-0.2, -0.15) is 5.26 Å². The van der Waals surface area contributed by atoms with Crippen LogP contribution in [-0.2, 0) is 13.5 Å². The summed E-state index contributed by atoms with van der Waals surface area (Å²) in [6.07, 6.45) is 2.96. The molecule has 34 heavy (non-hydrogen) atoms. The van der Waals surface area contributed by atoms with Gasteiger partial charge in [-0.05, 0) is 32.4 Å². The molecule has 0 N–H and O–H groups in total. The lowest BCUT2D eigenvalue weighted by molar-refractivity contribution is 0.166. The Bertz CT molecular complexity index is 1460. The van der Waals surface area contributed by atoms with Gasteiger partial charge in [-0.1, -0.05) is 13.0 Å². The molecule has 1 fully saturated rings. The molecule has 0 amide bonds. The van der Waals surface area contributed by atoms with Crippen molar-refractivity contribution < 1.29 is 0 Å². The zero-order valence-corrected chi connectivity index (χ0v) is 20.8. The van der Waals surface area contributed by atoms with E-state index in [2.05, 4.69) is 54.8 Å². The van der Waals surface area contributed by atoms with Crippen LogP contribution in [0, 0.1) is 18.3 Å². The van der Waals surface area contributed by atoms with E-state index < -0.39 is 0 Å². The molecule has 2 atom stereocenters. The molecule has 0 bridgehead atoms. The highest BCUT2D eigenvalue weighted by atomic mass is 32.1. The summed E-state index contributed by atoms with van der Waals surface area (Å²) in [4.78, 5) is 29.6. The topological polar surface area (TPSA) is 82.5 Å². The second kappa shape index (κ2) is 8.85. The molecular weight excluding hydrogens is 446 g/mol. The number of imidazole rings is 1. The van der Waals surface area contributed by atoms with Gasteiger partial charge in [0, 0.05) is 55.1 Å². The van der Waals surface area contributed by atoms with Crippen molar-refractivity contribution >= 4 is 32.9 Å². The molecule has 176 valence electrons. The Kier molecular flexibility index (Phi) is 5.88. The lowest BCUT2D eigenvalue weighted by Gasteiger charge is -2.44. The molecule has 0 aliphatic carbocycles. The van der Waals surface area contributed by atoms with Crippen LogP contribution in [0.5, 0.6) is 0 Å². The Morgan fingerprint density at radius 3 is 2.85 bits per heavy atom. The van der Waals surface area contributed by atoms with Gasteiger partial charge < -0.3 is 4.90 Å². The molecule has 4 aromatic heterocycles. The van der Waals surface area contributed by atoms with Crippen molar-refractivity contribution in [3.05, 3.63) is 57.1 Å². The average Bonchev–Trinajstić information content (AvgIpc) is 3.43. The summed E-state index contributed by atoms with van der Waals surface area (Å²) in [5.74, 6) is 0. The molecule has 0 spiro atoms. The first kappa shape index (κ1) is 22.6. The molecule has 8 nitrogen and oxygen atoms in total. The molecule has 5 rings (SSSR count). The fourth-order valence-electron chi connectivity index (χ4n) is 4.96. The van der Waals surface area contributed by atoms with Gasteiger partial charge in [0.05, 0.1) is 35.8 Å². The minimum Gasteiger partial charge on any atom is -0.363 e. The quantitative estimate of drug-likeness (QED) is 0.438. The van der Waals surface area contributed by atoms with Gasteiger partial charge in [-0.3, -0.25) is 9.69 Å². The number of hydrogen-bond donors (Lipinski definition) is 0. The number of fused-ring (bicyclic) bond motifs is 2. The maximum atomic E-state index is 12.7. The maximum absolute atomic E-state index is 12.7. The van der Waals surface area contributed by atoms with Crippen molar-refractivity contribution in [2.75, 3.05) is 24.5 Å². The minimum absolute atomic E-state index is 0.0854. The third kappa shape index (κ3) is 3.87. The smallest absolute Gasteiger partial charge is 0.267 e. The van der Waals surface area contributed by atoms with E-state index in [0.29, 0.717) is 5.69 Å². The molecule has 1 aliphatic heterocycles. The summed E-state index contributed by atoms with van der Waals surface area (Å²) >= 11 is 1.74. The highest BCUT2D eigenvalue weighted by Crippen LogP contribution is 2.31. The van der Waals surface area contributed by atoms with Crippen molar-refractivity contribution in [2.45, 2.75) is 45.7 Å². The van der Waals surface area contributed by atoms with Gasteiger partial charge >= 0.3 is 0 Å². The number of rotatable bonds is 5. The largest absolute Gasteiger partial charge is 0.363 e.